The van der Waals surface area contributed by atoms with E-state index in [1.165, 1.54) is 9.80 Å². The summed E-state index contributed by atoms with van der Waals surface area (Å²) in [5.41, 5.74) is 11.7. The number of carbonyl (C=O) groups is 6. The number of fused-ring (bicyclic) bond motifs is 2. The Bertz CT molecular complexity index is 1950. The third-order valence-corrected chi connectivity index (χ3v) is 11.6. The quantitative estimate of drug-likeness (QED) is 0.0702. The second-order valence-electron chi connectivity index (χ2n) is 10.5. The topological polar surface area (TPSA) is 209 Å². The smallest absolute Gasteiger partial charge is 0.267 e. The van der Waals surface area contributed by atoms with E-state index in [1.807, 2.05) is 24.3 Å². The number of hydrazine groups is 2. The molecule has 2 aromatic carbocycles. The molecule has 0 spiro atoms. The van der Waals surface area contributed by atoms with Gasteiger partial charge in [0.2, 0.25) is 23.6 Å². The van der Waals surface area contributed by atoms with E-state index in [9.17, 15) is 28.8 Å². The summed E-state index contributed by atoms with van der Waals surface area (Å²) in [6.07, 6.45) is -0.388. The lowest BCUT2D eigenvalue weighted by Crippen LogP contribution is -2.44. The Labute approximate surface area is 321 Å². The van der Waals surface area contributed by atoms with Gasteiger partial charge in [-0.1, -0.05) is 95.7 Å². The molecular weight excluding hydrogens is 793 g/mol. The summed E-state index contributed by atoms with van der Waals surface area (Å²) in [6, 6.07) is 14.3. The minimum Gasteiger partial charge on any atom is -0.431 e. The number of nitrogens with one attached hydrogen (secondary N) is 4. The summed E-state index contributed by atoms with van der Waals surface area (Å²) < 4.78 is 11.4. The first-order chi connectivity index (χ1) is 25.0. The lowest BCUT2D eigenvalue weighted by molar-refractivity contribution is -0.129. The summed E-state index contributed by atoms with van der Waals surface area (Å²) >= 11 is 14.6. The first-order valence-electron chi connectivity index (χ1n) is 15.0. The van der Waals surface area contributed by atoms with Crippen LogP contribution in [-0.4, -0.2) is 88.4 Å². The number of benzene rings is 2. The fourth-order valence-electron chi connectivity index (χ4n) is 4.44. The standard InChI is InChI=1S/C30H24N8O8S6/c39-19(33-35-21(41)13-49-27-31-15-5-1-3-7-17(15)45-27)9-11-37-25(43)23(51-29(37)47)24-26(44)38(30(48)52-24)12-10-20(40)34-36-22(42)14-50-28-32-16-6-2-4-8-18(16)46-28/h1-8H,9-14H2,(H,33,39)(H,34,40)(H,35,41)(H,36,42)/b24-23+. The van der Waals surface area contributed by atoms with E-state index in [2.05, 4.69) is 31.7 Å². The zero-order valence-electron chi connectivity index (χ0n) is 26.4. The van der Waals surface area contributed by atoms with E-state index >= 15 is 0 Å². The SMILES string of the molecule is O=C(CCN1C(=O)/C(=C2\SC(=S)N(CCC(=O)NNC(=O)CSc3nc4ccccc4o3)C2=O)SC1=S)NNC(=O)CSc1nc2ccccc2o1. The van der Waals surface area contributed by atoms with Crippen molar-refractivity contribution in [1.29, 1.82) is 0 Å². The first kappa shape index (κ1) is 37.3. The molecule has 2 aromatic heterocycles. The molecule has 0 saturated carbocycles. The lowest BCUT2D eigenvalue weighted by atomic mass is 10.3. The number of para-hydroxylation sites is 4. The average molecular weight is 817 g/mol. The van der Waals surface area contributed by atoms with Crippen LogP contribution in [0.3, 0.4) is 0 Å². The Hall–Kier alpha value is -4.48. The van der Waals surface area contributed by atoms with Gasteiger partial charge in [0, 0.05) is 25.9 Å². The van der Waals surface area contributed by atoms with Gasteiger partial charge >= 0.3 is 0 Å². The van der Waals surface area contributed by atoms with Crippen LogP contribution in [0.2, 0.25) is 0 Å². The van der Waals surface area contributed by atoms with Gasteiger partial charge in [-0.25, -0.2) is 9.97 Å². The molecule has 2 fully saturated rings. The number of hydrogen-bond donors (Lipinski definition) is 4. The van der Waals surface area contributed by atoms with Crippen molar-refractivity contribution in [3.05, 3.63) is 58.3 Å². The lowest BCUT2D eigenvalue weighted by Gasteiger charge is -2.15. The van der Waals surface area contributed by atoms with Crippen molar-refractivity contribution in [1.82, 2.24) is 41.5 Å². The minimum absolute atomic E-state index is 0.0583. The van der Waals surface area contributed by atoms with E-state index in [1.54, 1.807) is 24.3 Å². The maximum atomic E-state index is 13.2. The van der Waals surface area contributed by atoms with E-state index in [0.717, 1.165) is 47.0 Å². The molecule has 0 atom stereocenters. The van der Waals surface area contributed by atoms with E-state index in [4.69, 9.17) is 33.3 Å². The molecule has 6 rings (SSSR count). The highest BCUT2D eigenvalue weighted by Gasteiger charge is 2.42. The van der Waals surface area contributed by atoms with Crippen molar-refractivity contribution < 1.29 is 37.6 Å². The van der Waals surface area contributed by atoms with Crippen molar-refractivity contribution in [2.45, 2.75) is 23.3 Å². The molecule has 4 N–H and O–H groups in total. The van der Waals surface area contributed by atoms with Crippen LogP contribution in [0.15, 0.2) is 77.6 Å². The highest BCUT2D eigenvalue weighted by molar-refractivity contribution is 8.29. The second-order valence-corrected chi connectivity index (χ2v) is 15.6. The molecule has 2 aliphatic heterocycles. The predicted octanol–water partition coefficient (Wildman–Crippen LogP) is 2.86. The van der Waals surface area contributed by atoms with Gasteiger partial charge in [-0.2, -0.15) is 0 Å². The molecule has 0 aliphatic carbocycles. The number of aromatic nitrogens is 2. The Morgan fingerprint density at radius 2 is 1.02 bits per heavy atom. The Morgan fingerprint density at radius 1 is 0.635 bits per heavy atom. The number of rotatable bonds is 12. The van der Waals surface area contributed by atoms with Crippen LogP contribution >= 0.6 is 71.5 Å². The molecule has 0 unspecified atom stereocenters. The van der Waals surface area contributed by atoms with Crippen LogP contribution in [0.1, 0.15) is 12.8 Å². The summed E-state index contributed by atoms with van der Waals surface area (Å²) in [5.74, 6) is -3.41. The van der Waals surface area contributed by atoms with Gasteiger partial charge in [0.15, 0.2) is 11.2 Å². The maximum Gasteiger partial charge on any atom is 0.267 e. The molecule has 16 nitrogen and oxygen atoms in total. The zero-order chi connectivity index (χ0) is 36.8. The van der Waals surface area contributed by atoms with Crippen molar-refractivity contribution >= 4 is 138 Å². The van der Waals surface area contributed by atoms with Gasteiger partial charge in [-0.05, 0) is 24.3 Å². The fraction of sp³-hybridized carbons (Fsp3) is 0.200. The second kappa shape index (κ2) is 16.9. The van der Waals surface area contributed by atoms with Gasteiger partial charge in [0.1, 0.15) is 19.7 Å². The molecule has 2 saturated heterocycles. The largest absolute Gasteiger partial charge is 0.431 e. The van der Waals surface area contributed by atoms with Gasteiger partial charge in [0.25, 0.3) is 22.3 Å². The predicted molar refractivity (Wildman–Crippen MR) is 202 cm³/mol. The molecule has 0 bridgehead atoms. The third-order valence-electron chi connectivity index (χ3n) is 6.91. The molecule has 268 valence electrons. The highest BCUT2D eigenvalue weighted by atomic mass is 32.2. The van der Waals surface area contributed by atoms with E-state index < -0.39 is 35.4 Å². The molecule has 4 heterocycles. The summed E-state index contributed by atoms with van der Waals surface area (Å²) in [4.78, 5) is 86.7. The number of amides is 6. The van der Waals surface area contributed by atoms with Gasteiger partial charge < -0.3 is 8.83 Å². The Morgan fingerprint density at radius 3 is 1.42 bits per heavy atom. The minimum atomic E-state index is -0.572. The number of hydrogen-bond acceptors (Lipinski definition) is 16. The summed E-state index contributed by atoms with van der Waals surface area (Å²) in [5, 5.41) is 0.620. The van der Waals surface area contributed by atoms with Crippen LogP contribution in [0.5, 0.6) is 0 Å². The number of carbonyl (C=O) groups excluding carboxylic acids is 6. The fourth-order valence-corrected chi connectivity index (χ4v) is 8.49. The highest BCUT2D eigenvalue weighted by Crippen LogP contribution is 2.42. The molecule has 4 aromatic rings. The molecule has 22 heteroatoms. The molecule has 52 heavy (non-hydrogen) atoms. The Kier molecular flexibility index (Phi) is 12.1. The number of thioether (sulfide) groups is 4. The first-order valence-corrected chi connectivity index (χ1v) is 19.4. The zero-order valence-corrected chi connectivity index (χ0v) is 31.3. The van der Waals surface area contributed by atoms with E-state index in [-0.39, 0.29) is 55.9 Å². The van der Waals surface area contributed by atoms with Crippen LogP contribution in [0.4, 0.5) is 0 Å². The van der Waals surface area contributed by atoms with Crippen molar-refractivity contribution in [3.8, 4) is 0 Å². The van der Waals surface area contributed by atoms with Gasteiger partial charge in [-0.3, -0.25) is 60.3 Å². The summed E-state index contributed by atoms with van der Waals surface area (Å²) in [7, 11) is 0. The van der Waals surface area contributed by atoms with Crippen molar-refractivity contribution in [2.75, 3.05) is 24.6 Å². The molecule has 0 radical (unpaired) electrons. The maximum absolute atomic E-state index is 13.2. The van der Waals surface area contributed by atoms with Crippen molar-refractivity contribution in [3.63, 3.8) is 0 Å². The van der Waals surface area contributed by atoms with Crippen LogP contribution in [-0.2, 0) is 28.8 Å². The Balaban J connectivity index is 0.907. The normalized spacial score (nSPS) is 15.9. The number of nitrogens with zero attached hydrogens (tertiary/aromatic N) is 4. The van der Waals surface area contributed by atoms with Crippen LogP contribution in [0, 0.1) is 0 Å². The van der Waals surface area contributed by atoms with Gasteiger partial charge in [-0.15, -0.1) is 0 Å². The summed E-state index contributed by atoms with van der Waals surface area (Å²) in [6.45, 7) is -0.208. The molecule has 2 aliphatic rings. The number of thiocarbonyl (C=S) groups is 2. The van der Waals surface area contributed by atoms with Crippen molar-refractivity contribution in [2.24, 2.45) is 0 Å². The van der Waals surface area contributed by atoms with E-state index in [0.29, 0.717) is 32.6 Å². The van der Waals surface area contributed by atoms with Gasteiger partial charge in [0.05, 0.1) is 21.3 Å². The monoisotopic (exact) mass is 816 g/mol. The van der Waals surface area contributed by atoms with Crippen LogP contribution < -0.4 is 21.7 Å². The van der Waals surface area contributed by atoms with Crippen LogP contribution in [0.25, 0.3) is 22.2 Å². The molecular formula is C30H24N8O8S6. The third kappa shape index (κ3) is 9.11. The number of oxazole rings is 2. The average Bonchev–Trinajstić information content (AvgIpc) is 3.89. The molecule has 6 amide bonds.